The Labute approximate surface area is 110 Å². The Balaban J connectivity index is 2.76. The number of carbonyl (C=O) groups excluding carboxylic acids is 1. The average Bonchev–Trinajstić information content (AvgIpc) is 2.25. The predicted octanol–water partition coefficient (Wildman–Crippen LogP) is 1.95. The maximum absolute atomic E-state index is 12.1. The zero-order valence-electron chi connectivity index (χ0n) is 11.1. The quantitative estimate of drug-likeness (QED) is 0.830. The summed E-state index contributed by atoms with van der Waals surface area (Å²) in [5.74, 6) is -0.520. The summed E-state index contributed by atoms with van der Waals surface area (Å²) in [5.41, 5.74) is 3.01. The molecule has 1 aromatic rings. The van der Waals surface area contributed by atoms with E-state index in [1.807, 2.05) is 32.9 Å². The molecule has 0 saturated heterocycles. The third-order valence-corrected chi connectivity index (χ3v) is 3.71. The summed E-state index contributed by atoms with van der Waals surface area (Å²) in [6, 6.07) is 3.93. The van der Waals surface area contributed by atoms with Crippen molar-refractivity contribution in [1.82, 2.24) is 4.72 Å². The van der Waals surface area contributed by atoms with E-state index in [2.05, 4.69) is 4.72 Å². The van der Waals surface area contributed by atoms with Gasteiger partial charge in [-0.05, 0) is 38.8 Å². The van der Waals surface area contributed by atoms with Crippen LogP contribution in [0.25, 0.3) is 0 Å². The number of carbonyl (C=O) groups is 1. The van der Waals surface area contributed by atoms with Crippen LogP contribution in [0, 0.1) is 27.3 Å². The maximum atomic E-state index is 12.1. The number of hydrogen-bond acceptors (Lipinski definition) is 3. The number of ether oxygens (including phenoxy) is 1. The molecule has 0 aliphatic rings. The van der Waals surface area contributed by atoms with Gasteiger partial charge >= 0.3 is 5.97 Å². The Kier molecular flexibility index (Phi) is 5.50. The third-order valence-electron chi connectivity index (χ3n) is 2.36. The van der Waals surface area contributed by atoms with Crippen LogP contribution in [0.15, 0.2) is 17.0 Å². The van der Waals surface area contributed by atoms with Crippen molar-refractivity contribution in [2.24, 2.45) is 0 Å². The minimum Gasteiger partial charge on any atom is -0.465 e. The number of hydrogen-bond donors (Lipinski definition) is 1. The Morgan fingerprint density at radius 2 is 1.89 bits per heavy atom. The lowest BCUT2D eigenvalue weighted by Crippen LogP contribution is -2.22. The van der Waals surface area contributed by atoms with Crippen molar-refractivity contribution in [1.29, 1.82) is 0 Å². The molecule has 0 spiro atoms. The fraction of sp³-hybridized carbons (Fsp3) is 0.385. The molecule has 0 amide bonds. The molecule has 1 radical (unpaired) electrons. The summed E-state index contributed by atoms with van der Waals surface area (Å²) in [6.07, 6.45) is 0. The minimum atomic E-state index is -1.45. The van der Waals surface area contributed by atoms with E-state index in [1.165, 1.54) is 0 Å². The average molecular weight is 268 g/mol. The van der Waals surface area contributed by atoms with E-state index in [-0.39, 0.29) is 0 Å². The highest BCUT2D eigenvalue weighted by atomic mass is 32.2. The third kappa shape index (κ3) is 3.92. The van der Waals surface area contributed by atoms with Gasteiger partial charge in [0.15, 0.2) is 0 Å². The van der Waals surface area contributed by atoms with Crippen molar-refractivity contribution in [3.63, 3.8) is 0 Å². The fourth-order valence-electron chi connectivity index (χ4n) is 1.80. The molecule has 1 atom stereocenters. The van der Waals surface area contributed by atoms with E-state index in [9.17, 15) is 9.00 Å². The molecule has 0 saturated carbocycles. The second-order valence-corrected chi connectivity index (χ2v) is 5.19. The van der Waals surface area contributed by atoms with Crippen molar-refractivity contribution in [2.75, 3.05) is 6.61 Å². The van der Waals surface area contributed by atoms with E-state index in [4.69, 9.17) is 4.74 Å². The van der Waals surface area contributed by atoms with E-state index in [1.54, 1.807) is 6.92 Å². The minimum absolute atomic E-state index is 0.298. The molecule has 0 aliphatic carbocycles. The summed E-state index contributed by atoms with van der Waals surface area (Å²) in [7, 11) is -1.45. The molecule has 99 valence electrons. The van der Waals surface area contributed by atoms with Gasteiger partial charge in [0.2, 0.25) is 0 Å². The summed E-state index contributed by atoms with van der Waals surface area (Å²) in [5, 5.41) is 0. The number of benzene rings is 1. The van der Waals surface area contributed by atoms with Crippen LogP contribution in [-0.2, 0) is 20.5 Å². The van der Waals surface area contributed by atoms with Gasteiger partial charge in [-0.1, -0.05) is 17.7 Å². The molecule has 4 nitrogen and oxygen atoms in total. The maximum Gasteiger partial charge on any atom is 0.326 e. The van der Waals surface area contributed by atoms with E-state index in [0.29, 0.717) is 11.5 Å². The zero-order chi connectivity index (χ0) is 13.7. The van der Waals surface area contributed by atoms with Gasteiger partial charge in [-0.15, -0.1) is 0 Å². The van der Waals surface area contributed by atoms with Crippen LogP contribution >= 0.6 is 0 Å². The molecule has 0 fully saturated rings. The smallest absolute Gasteiger partial charge is 0.326 e. The Morgan fingerprint density at radius 1 is 1.33 bits per heavy atom. The second-order valence-electron chi connectivity index (χ2n) is 4.01. The summed E-state index contributed by atoms with van der Waals surface area (Å²) in [4.78, 5) is 11.8. The van der Waals surface area contributed by atoms with Crippen LogP contribution in [0.3, 0.4) is 0 Å². The van der Waals surface area contributed by atoms with Crippen LogP contribution < -0.4 is 4.72 Å². The lowest BCUT2D eigenvalue weighted by atomic mass is 10.1. The normalized spacial score (nSPS) is 12.2. The van der Waals surface area contributed by atoms with E-state index < -0.39 is 17.0 Å². The molecule has 0 unspecified atom stereocenters. The van der Waals surface area contributed by atoms with Gasteiger partial charge in [0.25, 0.3) is 0 Å². The fourth-order valence-corrected chi connectivity index (χ4v) is 2.83. The number of rotatable bonds is 5. The van der Waals surface area contributed by atoms with Crippen molar-refractivity contribution < 1.29 is 13.7 Å². The van der Waals surface area contributed by atoms with Crippen molar-refractivity contribution in [3.05, 3.63) is 35.4 Å². The number of aryl methyl sites for hydroxylation is 3. The topological polar surface area (TPSA) is 55.4 Å². The first-order valence-corrected chi connectivity index (χ1v) is 6.86. The first-order valence-electron chi connectivity index (χ1n) is 5.71. The van der Waals surface area contributed by atoms with Gasteiger partial charge in [0.05, 0.1) is 11.5 Å². The lowest BCUT2D eigenvalue weighted by molar-refractivity contribution is -0.139. The first kappa shape index (κ1) is 14.9. The van der Waals surface area contributed by atoms with Crippen LogP contribution in [0.4, 0.5) is 0 Å². The molecular formula is C13H18NO3S. The molecule has 1 aromatic carbocycles. The van der Waals surface area contributed by atoms with Crippen molar-refractivity contribution in [2.45, 2.75) is 32.6 Å². The zero-order valence-corrected chi connectivity index (χ0v) is 11.9. The van der Waals surface area contributed by atoms with Crippen molar-refractivity contribution >= 4 is 17.0 Å². The molecule has 0 heterocycles. The van der Waals surface area contributed by atoms with Gasteiger partial charge in [-0.2, -0.15) is 0 Å². The molecule has 1 rings (SSSR count). The standard InChI is InChI=1S/C13H18NO3S/c1-5-17-12(15)8-14-18(16)13-10(3)6-9(2)7-11(13)4/h6-8,14H,5H2,1-4H3/t18-/m1/s1. The van der Waals surface area contributed by atoms with E-state index >= 15 is 0 Å². The van der Waals surface area contributed by atoms with Gasteiger partial charge in [0.1, 0.15) is 17.5 Å². The van der Waals surface area contributed by atoms with E-state index in [0.717, 1.165) is 23.2 Å². The SMILES string of the molecule is CCOC(=O)[CH]N[S@](=O)c1c(C)cc(C)cc1C. The predicted molar refractivity (Wildman–Crippen MR) is 71.1 cm³/mol. The Hall–Kier alpha value is -1.20. The molecule has 0 aliphatic heterocycles. The molecule has 5 heteroatoms. The lowest BCUT2D eigenvalue weighted by Gasteiger charge is -2.11. The summed E-state index contributed by atoms with van der Waals surface area (Å²) in [6.45, 7) is 8.91. The van der Waals surface area contributed by atoms with Crippen LogP contribution in [-0.4, -0.2) is 16.8 Å². The number of esters is 1. The van der Waals surface area contributed by atoms with Crippen LogP contribution in [0.1, 0.15) is 23.6 Å². The van der Waals surface area contributed by atoms with Crippen molar-refractivity contribution in [3.8, 4) is 0 Å². The Bertz CT molecular complexity index is 448. The van der Waals surface area contributed by atoms with Gasteiger partial charge in [-0.25, -0.2) is 8.93 Å². The summed E-state index contributed by atoms with van der Waals surface area (Å²) < 4.78 is 19.3. The van der Waals surface area contributed by atoms with Gasteiger partial charge in [-0.3, -0.25) is 4.79 Å². The molecule has 0 aromatic heterocycles. The molecular weight excluding hydrogens is 250 g/mol. The highest BCUT2D eigenvalue weighted by Crippen LogP contribution is 2.19. The highest BCUT2D eigenvalue weighted by Gasteiger charge is 2.13. The van der Waals surface area contributed by atoms with Gasteiger partial charge in [0, 0.05) is 0 Å². The van der Waals surface area contributed by atoms with Gasteiger partial charge < -0.3 is 4.74 Å². The molecule has 0 bridgehead atoms. The molecule has 18 heavy (non-hydrogen) atoms. The first-order chi connectivity index (χ1) is 8.45. The Morgan fingerprint density at radius 3 is 2.39 bits per heavy atom. The number of nitrogens with one attached hydrogen (secondary N) is 1. The van der Waals surface area contributed by atoms with Crippen LogP contribution in [0.2, 0.25) is 0 Å². The van der Waals surface area contributed by atoms with Crippen LogP contribution in [0.5, 0.6) is 0 Å². The monoisotopic (exact) mass is 268 g/mol. The summed E-state index contributed by atoms with van der Waals surface area (Å²) >= 11 is 0. The molecule has 1 N–H and O–H groups in total. The largest absolute Gasteiger partial charge is 0.465 e. The second kappa shape index (κ2) is 6.66. The highest BCUT2D eigenvalue weighted by molar-refractivity contribution is 7.83.